The number of ether oxygens (including phenoxy) is 1. The Morgan fingerprint density at radius 3 is 2.71 bits per heavy atom. The molecule has 0 aliphatic rings. The molecule has 0 aliphatic carbocycles. The Kier molecular flexibility index (Phi) is 5.35. The van der Waals surface area contributed by atoms with Crippen LogP contribution >= 0.6 is 0 Å². The van der Waals surface area contributed by atoms with Gasteiger partial charge in [-0.25, -0.2) is 0 Å². The van der Waals surface area contributed by atoms with E-state index in [-0.39, 0.29) is 0 Å². The third kappa shape index (κ3) is 4.41. The Morgan fingerprint density at radius 1 is 1.41 bits per heavy atom. The smallest absolute Gasteiger partial charge is 0.292 e. The molecule has 0 saturated heterocycles. The van der Waals surface area contributed by atoms with Crippen molar-refractivity contribution < 1.29 is 9.57 Å². The molecule has 0 amide bonds. The van der Waals surface area contributed by atoms with Crippen LogP contribution in [0.4, 0.5) is 5.69 Å². The van der Waals surface area contributed by atoms with Gasteiger partial charge in [-0.3, -0.25) is 9.90 Å². The van der Waals surface area contributed by atoms with Gasteiger partial charge in [-0.2, -0.15) is 0 Å². The molecule has 0 spiro atoms. The Balaban J connectivity index is 2.51. The summed E-state index contributed by atoms with van der Waals surface area (Å²) in [4.78, 5) is 5.42. The lowest BCUT2D eigenvalue weighted by molar-refractivity contribution is 0.149. The van der Waals surface area contributed by atoms with Crippen LogP contribution in [0.25, 0.3) is 0 Å². The molecule has 1 aromatic rings. The molecule has 0 unspecified atom stereocenters. The molecule has 0 saturated carbocycles. The van der Waals surface area contributed by atoms with Crippen molar-refractivity contribution in [3.63, 3.8) is 0 Å². The molecule has 0 fully saturated rings. The second-order valence-corrected chi connectivity index (χ2v) is 3.14. The number of hydrogen-bond acceptors (Lipinski definition) is 4. The van der Waals surface area contributed by atoms with Gasteiger partial charge >= 0.3 is 0 Å². The summed E-state index contributed by atoms with van der Waals surface area (Å²) in [6.07, 6.45) is 6.98. The van der Waals surface area contributed by atoms with E-state index in [1.807, 2.05) is 31.3 Å². The van der Waals surface area contributed by atoms with Gasteiger partial charge in [-0.15, -0.1) is 5.26 Å². The van der Waals surface area contributed by atoms with Gasteiger partial charge in [0.15, 0.2) is 0 Å². The van der Waals surface area contributed by atoms with Gasteiger partial charge in [0, 0.05) is 7.05 Å². The van der Waals surface area contributed by atoms with Crippen LogP contribution in [-0.2, 0) is 4.84 Å². The molecule has 17 heavy (non-hydrogen) atoms. The zero-order chi connectivity index (χ0) is 12.5. The summed E-state index contributed by atoms with van der Waals surface area (Å²) in [5.41, 5.74) is 0.877. The SMILES string of the molecule is C=C/C=C\CON(C)c1ccc(OC#N)cc1. The van der Waals surface area contributed by atoms with Crippen molar-refractivity contribution in [3.05, 3.63) is 49.1 Å². The minimum absolute atomic E-state index is 0.471. The topological polar surface area (TPSA) is 45.5 Å². The quantitative estimate of drug-likeness (QED) is 0.428. The van der Waals surface area contributed by atoms with Crippen molar-refractivity contribution in [1.29, 1.82) is 5.26 Å². The molecule has 1 aromatic carbocycles. The Morgan fingerprint density at radius 2 is 2.12 bits per heavy atom. The van der Waals surface area contributed by atoms with Crippen molar-refractivity contribution in [3.8, 4) is 12.0 Å². The minimum Gasteiger partial charge on any atom is -0.388 e. The molecule has 0 atom stereocenters. The van der Waals surface area contributed by atoms with Crippen LogP contribution in [0.15, 0.2) is 49.1 Å². The maximum absolute atomic E-state index is 8.34. The van der Waals surface area contributed by atoms with Gasteiger partial charge in [-0.05, 0) is 24.3 Å². The number of anilines is 1. The van der Waals surface area contributed by atoms with E-state index in [1.54, 1.807) is 29.5 Å². The van der Waals surface area contributed by atoms with E-state index in [9.17, 15) is 0 Å². The van der Waals surface area contributed by atoms with Crippen LogP contribution in [0.5, 0.6) is 5.75 Å². The van der Waals surface area contributed by atoms with Crippen LogP contribution in [0.2, 0.25) is 0 Å². The normalized spacial score (nSPS) is 9.88. The predicted octanol–water partition coefficient (Wildman–Crippen LogP) is 2.66. The number of nitriles is 1. The van der Waals surface area contributed by atoms with E-state index in [0.29, 0.717) is 12.4 Å². The number of hydrogen-bond donors (Lipinski definition) is 0. The number of rotatable bonds is 6. The Bertz CT molecular complexity index is 418. The van der Waals surface area contributed by atoms with E-state index >= 15 is 0 Å². The van der Waals surface area contributed by atoms with Gasteiger partial charge in [-0.1, -0.05) is 24.8 Å². The van der Waals surface area contributed by atoms with Crippen molar-refractivity contribution in [1.82, 2.24) is 0 Å². The fraction of sp³-hybridized carbons (Fsp3) is 0.154. The fourth-order valence-corrected chi connectivity index (χ4v) is 1.16. The summed E-state index contributed by atoms with van der Waals surface area (Å²) < 4.78 is 4.68. The summed E-state index contributed by atoms with van der Waals surface area (Å²) in [5.74, 6) is 0.510. The maximum atomic E-state index is 8.34. The summed E-state index contributed by atoms with van der Waals surface area (Å²) >= 11 is 0. The van der Waals surface area contributed by atoms with Crippen LogP contribution in [0.3, 0.4) is 0 Å². The number of allylic oxidation sites excluding steroid dienone is 2. The van der Waals surface area contributed by atoms with Gasteiger partial charge in [0.2, 0.25) is 0 Å². The first-order valence-electron chi connectivity index (χ1n) is 5.08. The van der Waals surface area contributed by atoms with Gasteiger partial charge in [0.25, 0.3) is 6.26 Å². The Labute approximate surface area is 101 Å². The maximum Gasteiger partial charge on any atom is 0.292 e. The van der Waals surface area contributed by atoms with Crippen LogP contribution in [0, 0.1) is 11.5 Å². The van der Waals surface area contributed by atoms with E-state index in [0.717, 1.165) is 5.69 Å². The first kappa shape index (κ1) is 12.8. The highest BCUT2D eigenvalue weighted by Gasteiger charge is 2.00. The van der Waals surface area contributed by atoms with Crippen LogP contribution in [-0.4, -0.2) is 13.7 Å². The predicted molar refractivity (Wildman–Crippen MR) is 66.4 cm³/mol. The van der Waals surface area contributed by atoms with E-state index in [1.165, 1.54) is 0 Å². The summed E-state index contributed by atoms with van der Waals surface area (Å²) in [7, 11) is 1.81. The van der Waals surface area contributed by atoms with Gasteiger partial charge in [0.05, 0.1) is 12.3 Å². The molecule has 0 aliphatic heterocycles. The lowest BCUT2D eigenvalue weighted by Gasteiger charge is -2.17. The van der Waals surface area contributed by atoms with Crippen LogP contribution in [0.1, 0.15) is 0 Å². The highest BCUT2D eigenvalue weighted by Crippen LogP contribution is 2.18. The van der Waals surface area contributed by atoms with Crippen molar-refractivity contribution >= 4 is 5.69 Å². The molecule has 4 heteroatoms. The van der Waals surface area contributed by atoms with Crippen molar-refractivity contribution in [2.24, 2.45) is 0 Å². The zero-order valence-electron chi connectivity index (χ0n) is 9.67. The van der Waals surface area contributed by atoms with E-state index < -0.39 is 0 Å². The van der Waals surface area contributed by atoms with Crippen molar-refractivity contribution in [2.45, 2.75) is 0 Å². The van der Waals surface area contributed by atoms with Crippen LogP contribution < -0.4 is 9.80 Å². The second-order valence-electron chi connectivity index (χ2n) is 3.14. The average Bonchev–Trinajstić information content (AvgIpc) is 2.36. The first-order chi connectivity index (χ1) is 8.27. The molecule has 4 nitrogen and oxygen atoms in total. The van der Waals surface area contributed by atoms with E-state index in [2.05, 4.69) is 11.3 Å². The largest absolute Gasteiger partial charge is 0.388 e. The molecule has 0 heterocycles. The standard InChI is InChI=1S/C13H14N2O2/c1-3-4-5-10-17-15(2)12-6-8-13(9-7-12)16-11-14/h3-9H,1,10H2,2H3/b5-4-. The molecule has 0 radical (unpaired) electrons. The fourth-order valence-electron chi connectivity index (χ4n) is 1.16. The number of nitrogens with zero attached hydrogens (tertiary/aromatic N) is 2. The highest BCUT2D eigenvalue weighted by molar-refractivity contribution is 5.46. The third-order valence-electron chi connectivity index (χ3n) is 2.00. The average molecular weight is 230 g/mol. The second kappa shape index (κ2) is 7.09. The zero-order valence-corrected chi connectivity index (χ0v) is 9.67. The Hall–Kier alpha value is -2.25. The molecular weight excluding hydrogens is 216 g/mol. The highest BCUT2D eigenvalue weighted by atomic mass is 16.7. The summed E-state index contributed by atoms with van der Waals surface area (Å²) in [5, 5.41) is 9.98. The molecule has 1 rings (SSSR count). The minimum atomic E-state index is 0.471. The summed E-state index contributed by atoms with van der Waals surface area (Å²) in [6.45, 7) is 4.04. The molecule has 0 N–H and O–H groups in total. The monoisotopic (exact) mass is 230 g/mol. The third-order valence-corrected chi connectivity index (χ3v) is 2.00. The van der Waals surface area contributed by atoms with E-state index in [4.69, 9.17) is 10.1 Å². The molecule has 88 valence electrons. The molecule has 0 bridgehead atoms. The van der Waals surface area contributed by atoms with Gasteiger partial charge in [0.1, 0.15) is 5.75 Å². The van der Waals surface area contributed by atoms with Crippen molar-refractivity contribution in [2.75, 3.05) is 18.7 Å². The number of benzene rings is 1. The number of hydroxylamine groups is 1. The lowest BCUT2D eigenvalue weighted by Crippen LogP contribution is -2.17. The molecular formula is C13H14N2O2. The summed E-state index contributed by atoms with van der Waals surface area (Å²) in [6, 6.07) is 7.03. The lowest BCUT2D eigenvalue weighted by atomic mass is 10.3. The van der Waals surface area contributed by atoms with Gasteiger partial charge < -0.3 is 4.74 Å². The molecule has 0 aromatic heterocycles. The first-order valence-corrected chi connectivity index (χ1v) is 5.08.